The molecule has 0 fully saturated rings. The first-order valence-electron chi connectivity index (χ1n) is 6.00. The Morgan fingerprint density at radius 3 is 2.41 bits per heavy atom. The second-order valence-electron chi connectivity index (χ2n) is 4.55. The lowest BCUT2D eigenvalue weighted by Crippen LogP contribution is -2.14. The highest BCUT2D eigenvalue weighted by molar-refractivity contribution is 5.72. The Labute approximate surface area is 103 Å². The van der Waals surface area contributed by atoms with E-state index in [1.807, 2.05) is 45.3 Å². The molecule has 0 aliphatic heterocycles. The van der Waals surface area contributed by atoms with Crippen molar-refractivity contribution in [2.75, 3.05) is 20.6 Å². The van der Waals surface area contributed by atoms with Crippen molar-refractivity contribution in [2.24, 2.45) is 0 Å². The largest absolute Gasteiger partial charge is 0.427 e. The van der Waals surface area contributed by atoms with E-state index in [0.29, 0.717) is 12.2 Å². The van der Waals surface area contributed by atoms with Crippen molar-refractivity contribution in [2.45, 2.75) is 26.2 Å². The first-order chi connectivity index (χ1) is 8.08. The van der Waals surface area contributed by atoms with E-state index < -0.39 is 0 Å². The lowest BCUT2D eigenvalue weighted by molar-refractivity contribution is -0.134. The zero-order valence-corrected chi connectivity index (χ0v) is 10.9. The average Bonchev–Trinajstić information content (AvgIpc) is 2.27. The lowest BCUT2D eigenvalue weighted by Gasteiger charge is -2.08. The maximum absolute atomic E-state index is 11.5. The third-order valence-electron chi connectivity index (χ3n) is 2.49. The fourth-order valence-corrected chi connectivity index (χ4v) is 1.49. The van der Waals surface area contributed by atoms with Gasteiger partial charge in [-0.2, -0.15) is 0 Å². The van der Waals surface area contributed by atoms with E-state index in [9.17, 15) is 4.79 Å². The van der Waals surface area contributed by atoms with E-state index in [1.54, 1.807) is 0 Å². The minimum absolute atomic E-state index is 0.146. The highest BCUT2D eigenvalue weighted by Gasteiger charge is 2.04. The van der Waals surface area contributed by atoms with E-state index >= 15 is 0 Å². The van der Waals surface area contributed by atoms with Crippen LogP contribution in [0.1, 0.15) is 24.8 Å². The Balaban J connectivity index is 2.23. The van der Waals surface area contributed by atoms with Gasteiger partial charge in [0.1, 0.15) is 5.75 Å². The molecule has 1 rings (SSSR count). The zero-order valence-electron chi connectivity index (χ0n) is 10.9. The van der Waals surface area contributed by atoms with Crippen LogP contribution in [0.3, 0.4) is 0 Å². The quantitative estimate of drug-likeness (QED) is 0.431. The fraction of sp³-hybridized carbons (Fsp3) is 0.500. The Morgan fingerprint density at radius 2 is 1.82 bits per heavy atom. The first kappa shape index (κ1) is 13.7. The van der Waals surface area contributed by atoms with Crippen LogP contribution in [-0.4, -0.2) is 31.5 Å². The van der Waals surface area contributed by atoms with E-state index in [2.05, 4.69) is 4.90 Å². The van der Waals surface area contributed by atoms with Crippen LogP contribution in [-0.2, 0) is 4.79 Å². The first-order valence-corrected chi connectivity index (χ1v) is 6.00. The van der Waals surface area contributed by atoms with E-state index in [0.717, 1.165) is 24.9 Å². The molecule has 0 N–H and O–H groups in total. The predicted octanol–water partition coefficient (Wildman–Crippen LogP) is 2.63. The normalized spacial score (nSPS) is 10.6. The summed E-state index contributed by atoms with van der Waals surface area (Å²) >= 11 is 0. The molecule has 0 aliphatic carbocycles. The molecule has 0 unspecified atom stereocenters. The highest BCUT2D eigenvalue weighted by Crippen LogP contribution is 2.12. The zero-order chi connectivity index (χ0) is 12.7. The van der Waals surface area contributed by atoms with Crippen LogP contribution in [0, 0.1) is 6.92 Å². The second kappa shape index (κ2) is 7.07. The molecule has 0 heterocycles. The molecular weight excluding hydrogens is 214 g/mol. The van der Waals surface area contributed by atoms with Crippen LogP contribution >= 0.6 is 0 Å². The number of hydrogen-bond acceptors (Lipinski definition) is 3. The van der Waals surface area contributed by atoms with Crippen LogP contribution in [0.15, 0.2) is 24.3 Å². The highest BCUT2D eigenvalue weighted by atomic mass is 16.5. The van der Waals surface area contributed by atoms with Gasteiger partial charge in [-0.05, 0) is 52.5 Å². The Bertz CT molecular complexity index is 344. The Kier molecular flexibility index (Phi) is 5.70. The molecule has 0 saturated heterocycles. The number of ether oxygens (including phenoxy) is 1. The molecule has 3 heteroatoms. The molecule has 0 bridgehead atoms. The molecule has 17 heavy (non-hydrogen) atoms. The van der Waals surface area contributed by atoms with Gasteiger partial charge >= 0.3 is 5.97 Å². The Morgan fingerprint density at radius 1 is 1.18 bits per heavy atom. The van der Waals surface area contributed by atoms with Crippen LogP contribution < -0.4 is 4.74 Å². The van der Waals surface area contributed by atoms with Crippen molar-refractivity contribution in [3.63, 3.8) is 0 Å². The topological polar surface area (TPSA) is 29.5 Å². The summed E-state index contributed by atoms with van der Waals surface area (Å²) in [5.74, 6) is 0.487. The number of unbranched alkanes of at least 4 members (excludes halogenated alkanes) is 1. The summed E-state index contributed by atoms with van der Waals surface area (Å²) < 4.78 is 5.22. The van der Waals surface area contributed by atoms with Gasteiger partial charge in [0.2, 0.25) is 0 Å². The van der Waals surface area contributed by atoms with Gasteiger partial charge in [-0.15, -0.1) is 0 Å². The molecule has 1 aromatic carbocycles. The molecular formula is C14H21NO2. The third kappa shape index (κ3) is 6.07. The van der Waals surface area contributed by atoms with Crippen molar-refractivity contribution in [1.29, 1.82) is 0 Å². The van der Waals surface area contributed by atoms with Crippen LogP contribution in [0.4, 0.5) is 0 Å². The minimum atomic E-state index is -0.146. The molecule has 3 nitrogen and oxygen atoms in total. The number of hydrogen-bond donors (Lipinski definition) is 0. The van der Waals surface area contributed by atoms with Crippen molar-refractivity contribution in [3.05, 3.63) is 29.8 Å². The summed E-state index contributed by atoms with van der Waals surface area (Å²) in [6, 6.07) is 7.53. The molecule has 1 aromatic rings. The SMILES string of the molecule is Cc1ccc(OC(=O)CCCCN(C)C)cc1. The standard InChI is InChI=1S/C14H21NO2/c1-12-7-9-13(10-8-12)17-14(16)6-4-5-11-15(2)3/h7-10H,4-6,11H2,1-3H3. The molecule has 94 valence electrons. The van der Waals surface area contributed by atoms with Gasteiger partial charge in [0.25, 0.3) is 0 Å². The van der Waals surface area contributed by atoms with Crippen LogP contribution in [0.2, 0.25) is 0 Å². The van der Waals surface area contributed by atoms with Crippen LogP contribution in [0.5, 0.6) is 5.75 Å². The number of esters is 1. The number of aryl methyl sites for hydroxylation is 1. The van der Waals surface area contributed by atoms with Gasteiger partial charge in [0, 0.05) is 6.42 Å². The monoisotopic (exact) mass is 235 g/mol. The third-order valence-corrected chi connectivity index (χ3v) is 2.49. The molecule has 0 radical (unpaired) electrons. The van der Waals surface area contributed by atoms with E-state index in [-0.39, 0.29) is 5.97 Å². The number of benzene rings is 1. The Hall–Kier alpha value is -1.35. The van der Waals surface area contributed by atoms with Crippen molar-refractivity contribution in [3.8, 4) is 5.75 Å². The van der Waals surface area contributed by atoms with E-state index in [1.165, 1.54) is 0 Å². The molecule has 0 spiro atoms. The fourth-order valence-electron chi connectivity index (χ4n) is 1.49. The molecule has 0 atom stereocenters. The smallest absolute Gasteiger partial charge is 0.311 e. The van der Waals surface area contributed by atoms with Crippen molar-refractivity contribution >= 4 is 5.97 Å². The van der Waals surface area contributed by atoms with Gasteiger partial charge in [-0.25, -0.2) is 0 Å². The van der Waals surface area contributed by atoms with Crippen LogP contribution in [0.25, 0.3) is 0 Å². The number of nitrogens with zero attached hydrogens (tertiary/aromatic N) is 1. The van der Waals surface area contributed by atoms with Gasteiger partial charge < -0.3 is 9.64 Å². The number of carbonyl (C=O) groups is 1. The summed E-state index contributed by atoms with van der Waals surface area (Å²) in [4.78, 5) is 13.6. The van der Waals surface area contributed by atoms with Crippen molar-refractivity contribution < 1.29 is 9.53 Å². The lowest BCUT2D eigenvalue weighted by atomic mass is 10.2. The molecule has 0 saturated carbocycles. The van der Waals surface area contributed by atoms with Gasteiger partial charge in [-0.1, -0.05) is 17.7 Å². The molecule has 0 amide bonds. The summed E-state index contributed by atoms with van der Waals surface area (Å²) in [6.07, 6.45) is 2.39. The predicted molar refractivity (Wildman–Crippen MR) is 69.2 cm³/mol. The summed E-state index contributed by atoms with van der Waals surface area (Å²) in [6.45, 7) is 3.02. The number of rotatable bonds is 6. The minimum Gasteiger partial charge on any atom is -0.427 e. The van der Waals surface area contributed by atoms with Gasteiger partial charge in [0.05, 0.1) is 0 Å². The maximum Gasteiger partial charge on any atom is 0.311 e. The average molecular weight is 235 g/mol. The molecule has 0 aromatic heterocycles. The van der Waals surface area contributed by atoms with Gasteiger partial charge in [-0.3, -0.25) is 4.79 Å². The van der Waals surface area contributed by atoms with E-state index in [4.69, 9.17) is 4.74 Å². The van der Waals surface area contributed by atoms with Gasteiger partial charge in [0.15, 0.2) is 0 Å². The second-order valence-corrected chi connectivity index (χ2v) is 4.55. The summed E-state index contributed by atoms with van der Waals surface area (Å²) in [5.41, 5.74) is 1.16. The van der Waals surface area contributed by atoms with Crippen molar-refractivity contribution in [1.82, 2.24) is 4.90 Å². The number of carbonyl (C=O) groups excluding carboxylic acids is 1. The summed E-state index contributed by atoms with van der Waals surface area (Å²) in [7, 11) is 4.06. The summed E-state index contributed by atoms with van der Waals surface area (Å²) in [5, 5.41) is 0. The molecule has 0 aliphatic rings. The maximum atomic E-state index is 11.5.